The van der Waals surface area contributed by atoms with Gasteiger partial charge in [-0.3, -0.25) is 4.68 Å². The molecule has 3 aromatic rings. The molecule has 0 aliphatic heterocycles. The lowest BCUT2D eigenvalue weighted by Gasteiger charge is -2.06. The maximum atomic E-state index is 5.91. The second kappa shape index (κ2) is 5.33. The van der Waals surface area contributed by atoms with Crippen LogP contribution in [0.15, 0.2) is 18.5 Å². The van der Waals surface area contributed by atoms with Crippen LogP contribution in [0.3, 0.4) is 0 Å². The topological polar surface area (TPSA) is 64.9 Å². The molecule has 1 N–H and O–H groups in total. The van der Waals surface area contributed by atoms with Gasteiger partial charge >= 0.3 is 0 Å². The number of thiophene rings is 1. The summed E-state index contributed by atoms with van der Waals surface area (Å²) in [5.74, 6) is 1.78. The molecule has 6 nitrogen and oxygen atoms in total. The SMILES string of the molecule is CNc1nc(Oc2cnn(C(C)C)c2)c2cc(C)sc2n1. The van der Waals surface area contributed by atoms with Gasteiger partial charge in [0.25, 0.3) is 0 Å². The summed E-state index contributed by atoms with van der Waals surface area (Å²) >= 11 is 1.62. The molecule has 0 saturated carbocycles. The lowest BCUT2D eigenvalue weighted by Crippen LogP contribution is -2.00. The monoisotopic (exact) mass is 303 g/mol. The van der Waals surface area contributed by atoms with Crippen LogP contribution in [0.5, 0.6) is 11.6 Å². The van der Waals surface area contributed by atoms with Gasteiger partial charge in [-0.05, 0) is 26.8 Å². The van der Waals surface area contributed by atoms with Crippen molar-refractivity contribution in [1.29, 1.82) is 0 Å². The summed E-state index contributed by atoms with van der Waals surface area (Å²) < 4.78 is 7.76. The quantitative estimate of drug-likeness (QED) is 0.797. The summed E-state index contributed by atoms with van der Waals surface area (Å²) in [5, 5.41) is 8.16. The second-order valence-corrected chi connectivity index (χ2v) is 6.26. The Morgan fingerprint density at radius 2 is 2.14 bits per heavy atom. The third-order valence-corrected chi connectivity index (χ3v) is 3.97. The van der Waals surface area contributed by atoms with Crippen molar-refractivity contribution in [3.8, 4) is 11.6 Å². The smallest absolute Gasteiger partial charge is 0.233 e. The molecule has 3 heterocycles. The minimum atomic E-state index is 0.295. The lowest BCUT2D eigenvalue weighted by molar-refractivity contribution is 0.465. The van der Waals surface area contributed by atoms with E-state index in [9.17, 15) is 0 Å². The van der Waals surface area contributed by atoms with E-state index in [0.717, 1.165) is 10.2 Å². The normalized spacial score (nSPS) is 11.3. The Kier molecular flexibility index (Phi) is 3.50. The number of ether oxygens (including phenoxy) is 1. The number of fused-ring (bicyclic) bond motifs is 1. The zero-order chi connectivity index (χ0) is 15.0. The molecule has 0 unspecified atom stereocenters. The first-order valence-electron chi connectivity index (χ1n) is 6.74. The van der Waals surface area contributed by atoms with Gasteiger partial charge in [0.2, 0.25) is 11.8 Å². The Balaban J connectivity index is 2.01. The molecule has 21 heavy (non-hydrogen) atoms. The molecule has 0 aliphatic carbocycles. The van der Waals surface area contributed by atoms with Crippen LogP contribution in [-0.2, 0) is 0 Å². The predicted octanol–water partition coefficient (Wildman–Crippen LogP) is 3.61. The van der Waals surface area contributed by atoms with E-state index in [-0.39, 0.29) is 0 Å². The number of rotatable bonds is 4. The first-order valence-corrected chi connectivity index (χ1v) is 7.56. The van der Waals surface area contributed by atoms with Gasteiger partial charge < -0.3 is 10.1 Å². The molecule has 0 aromatic carbocycles. The molecule has 0 atom stereocenters. The van der Waals surface area contributed by atoms with Crippen molar-refractivity contribution in [3.05, 3.63) is 23.3 Å². The van der Waals surface area contributed by atoms with E-state index in [4.69, 9.17) is 4.74 Å². The number of nitrogens with one attached hydrogen (secondary N) is 1. The third-order valence-electron chi connectivity index (χ3n) is 3.03. The minimum Gasteiger partial charge on any atom is -0.435 e. The molecule has 0 fully saturated rings. The average molecular weight is 303 g/mol. The van der Waals surface area contributed by atoms with Crippen molar-refractivity contribution in [2.75, 3.05) is 12.4 Å². The van der Waals surface area contributed by atoms with Gasteiger partial charge in [0, 0.05) is 18.0 Å². The fourth-order valence-electron chi connectivity index (χ4n) is 1.97. The van der Waals surface area contributed by atoms with Crippen LogP contribution < -0.4 is 10.1 Å². The highest BCUT2D eigenvalue weighted by Crippen LogP contribution is 2.33. The van der Waals surface area contributed by atoms with Crippen LogP contribution in [0.2, 0.25) is 0 Å². The van der Waals surface area contributed by atoms with Gasteiger partial charge in [-0.25, -0.2) is 4.98 Å². The van der Waals surface area contributed by atoms with Gasteiger partial charge in [0.15, 0.2) is 5.75 Å². The van der Waals surface area contributed by atoms with Crippen molar-refractivity contribution in [2.45, 2.75) is 26.8 Å². The summed E-state index contributed by atoms with van der Waals surface area (Å²) in [6, 6.07) is 2.34. The van der Waals surface area contributed by atoms with E-state index in [0.29, 0.717) is 23.6 Å². The molecule has 0 amide bonds. The Bertz CT molecular complexity index is 777. The molecule has 3 aromatic heterocycles. The van der Waals surface area contributed by atoms with Gasteiger partial charge in [-0.2, -0.15) is 10.1 Å². The first kappa shape index (κ1) is 13.8. The Morgan fingerprint density at radius 3 is 2.81 bits per heavy atom. The summed E-state index contributed by atoms with van der Waals surface area (Å²) in [6.45, 7) is 6.19. The highest BCUT2D eigenvalue weighted by Gasteiger charge is 2.13. The van der Waals surface area contributed by atoms with Crippen LogP contribution in [0.1, 0.15) is 24.8 Å². The summed E-state index contributed by atoms with van der Waals surface area (Å²) in [5.41, 5.74) is 0. The molecule has 0 bridgehead atoms. The van der Waals surface area contributed by atoms with Crippen LogP contribution in [-0.4, -0.2) is 26.8 Å². The van der Waals surface area contributed by atoms with Crippen molar-refractivity contribution in [2.24, 2.45) is 0 Å². The summed E-state index contributed by atoms with van der Waals surface area (Å²) in [7, 11) is 1.79. The van der Waals surface area contributed by atoms with Crippen molar-refractivity contribution in [1.82, 2.24) is 19.7 Å². The fraction of sp³-hybridized carbons (Fsp3) is 0.357. The number of aryl methyl sites for hydroxylation is 1. The fourth-order valence-corrected chi connectivity index (χ4v) is 2.84. The lowest BCUT2D eigenvalue weighted by atomic mass is 10.3. The van der Waals surface area contributed by atoms with E-state index in [2.05, 4.69) is 34.2 Å². The number of aromatic nitrogens is 4. The zero-order valence-electron chi connectivity index (χ0n) is 12.4. The van der Waals surface area contributed by atoms with E-state index < -0.39 is 0 Å². The Labute approximate surface area is 126 Å². The second-order valence-electron chi connectivity index (χ2n) is 5.03. The molecule has 0 radical (unpaired) electrons. The van der Waals surface area contributed by atoms with Crippen molar-refractivity contribution in [3.63, 3.8) is 0 Å². The molecule has 0 aliphatic rings. The van der Waals surface area contributed by atoms with Crippen LogP contribution in [0.25, 0.3) is 10.2 Å². The molecule has 0 spiro atoms. The molecule has 7 heteroatoms. The van der Waals surface area contributed by atoms with Gasteiger partial charge in [0.1, 0.15) is 4.83 Å². The van der Waals surface area contributed by atoms with Gasteiger partial charge in [-0.15, -0.1) is 11.3 Å². The minimum absolute atomic E-state index is 0.295. The van der Waals surface area contributed by atoms with Crippen molar-refractivity contribution < 1.29 is 4.74 Å². The van der Waals surface area contributed by atoms with E-state index in [1.807, 2.05) is 23.9 Å². The number of hydrogen-bond donors (Lipinski definition) is 1. The maximum absolute atomic E-state index is 5.91. The number of nitrogens with zero attached hydrogens (tertiary/aromatic N) is 4. The maximum Gasteiger partial charge on any atom is 0.233 e. The highest BCUT2D eigenvalue weighted by atomic mass is 32.1. The Hall–Kier alpha value is -2.15. The standard InChI is InChI=1S/C14H17N5OS/c1-8(2)19-7-10(6-16-19)20-12-11-5-9(3)21-13(11)18-14(15-4)17-12/h5-8H,1-4H3,(H,15,17,18). The highest BCUT2D eigenvalue weighted by molar-refractivity contribution is 7.18. The van der Waals surface area contributed by atoms with Crippen LogP contribution in [0.4, 0.5) is 5.95 Å². The molecular formula is C14H17N5OS. The van der Waals surface area contributed by atoms with E-state index >= 15 is 0 Å². The van der Waals surface area contributed by atoms with Crippen LogP contribution >= 0.6 is 11.3 Å². The average Bonchev–Trinajstić information content (AvgIpc) is 3.04. The first-order chi connectivity index (χ1) is 10.1. The Morgan fingerprint density at radius 1 is 1.33 bits per heavy atom. The number of anilines is 1. The largest absolute Gasteiger partial charge is 0.435 e. The summed E-state index contributed by atoms with van der Waals surface area (Å²) in [6.07, 6.45) is 3.57. The molecule has 110 valence electrons. The van der Waals surface area contributed by atoms with E-state index in [1.54, 1.807) is 24.6 Å². The van der Waals surface area contributed by atoms with Gasteiger partial charge in [0.05, 0.1) is 17.8 Å². The van der Waals surface area contributed by atoms with Gasteiger partial charge in [-0.1, -0.05) is 0 Å². The molecule has 3 rings (SSSR count). The van der Waals surface area contributed by atoms with E-state index in [1.165, 1.54) is 4.88 Å². The summed E-state index contributed by atoms with van der Waals surface area (Å²) in [4.78, 5) is 10.9. The number of hydrogen-bond acceptors (Lipinski definition) is 6. The third kappa shape index (κ3) is 2.69. The zero-order valence-corrected chi connectivity index (χ0v) is 13.2. The molecular weight excluding hydrogens is 286 g/mol. The van der Waals surface area contributed by atoms with Crippen LogP contribution in [0, 0.1) is 6.92 Å². The molecule has 0 saturated heterocycles. The predicted molar refractivity (Wildman–Crippen MR) is 84.4 cm³/mol. The van der Waals surface area contributed by atoms with Crippen molar-refractivity contribution >= 4 is 27.5 Å².